The molecule has 0 saturated carbocycles. The summed E-state index contributed by atoms with van der Waals surface area (Å²) in [5.74, 6) is -0.382. The highest BCUT2D eigenvalue weighted by atomic mass is 16.2. The second kappa shape index (κ2) is 6.50. The topological polar surface area (TPSA) is 72.2 Å². The van der Waals surface area contributed by atoms with Crippen LogP contribution in [0.1, 0.15) is 19.4 Å². The number of fused-ring (bicyclic) bond motifs is 1. The largest absolute Gasteiger partial charge is 0.345 e. The Balaban J connectivity index is 2.05. The summed E-state index contributed by atoms with van der Waals surface area (Å²) in [6.07, 6.45) is 0.446. The molecule has 2 aromatic rings. The van der Waals surface area contributed by atoms with Crippen LogP contribution >= 0.6 is 0 Å². The Morgan fingerprint density at radius 1 is 1.14 bits per heavy atom. The zero-order valence-electron chi connectivity index (χ0n) is 12.3. The first-order valence-corrected chi connectivity index (χ1v) is 7.01. The monoisotopic (exact) mass is 284 g/mol. The number of carbonyl (C=O) groups excluding carboxylic acids is 2. The molecule has 0 aromatic heterocycles. The molecule has 0 unspecified atom stereocenters. The van der Waals surface area contributed by atoms with Gasteiger partial charge in [-0.1, -0.05) is 42.5 Å². The molecule has 3 N–H and O–H groups in total. The molecule has 110 valence electrons. The Bertz CT molecular complexity index is 667. The fourth-order valence-electron chi connectivity index (χ4n) is 2.13. The molecule has 21 heavy (non-hydrogen) atoms. The fourth-order valence-corrected chi connectivity index (χ4v) is 2.13. The summed E-state index contributed by atoms with van der Waals surface area (Å²) in [6, 6.07) is 12.9. The number of hydrogen-bond donors (Lipinski definition) is 2. The molecule has 0 saturated heterocycles. The molecular weight excluding hydrogens is 264 g/mol. The molecule has 0 heterocycles. The molecule has 0 radical (unpaired) electrons. The Kier molecular flexibility index (Phi) is 4.70. The van der Waals surface area contributed by atoms with E-state index in [1.807, 2.05) is 42.5 Å². The minimum absolute atomic E-state index is 0.0822. The lowest BCUT2D eigenvalue weighted by molar-refractivity contribution is -0.127. The molecule has 2 atom stereocenters. The van der Waals surface area contributed by atoms with Crippen LogP contribution in [0.25, 0.3) is 10.8 Å². The van der Waals surface area contributed by atoms with Crippen LogP contribution in [0.3, 0.4) is 0 Å². The average Bonchev–Trinajstić information content (AvgIpc) is 2.46. The van der Waals surface area contributed by atoms with Crippen molar-refractivity contribution < 1.29 is 9.59 Å². The molecule has 1 amide bonds. The number of carbonyl (C=O) groups is 2. The van der Waals surface area contributed by atoms with E-state index in [9.17, 15) is 9.59 Å². The third-order valence-corrected chi connectivity index (χ3v) is 3.57. The van der Waals surface area contributed by atoms with E-state index in [4.69, 9.17) is 5.73 Å². The molecule has 0 spiro atoms. The van der Waals surface area contributed by atoms with E-state index in [-0.39, 0.29) is 11.7 Å². The molecule has 0 bridgehead atoms. The van der Waals surface area contributed by atoms with Crippen LogP contribution in [0.2, 0.25) is 0 Å². The predicted octanol–water partition coefficient (Wildman–Crippen LogP) is 1.80. The van der Waals surface area contributed by atoms with Crippen molar-refractivity contribution in [2.45, 2.75) is 32.4 Å². The lowest BCUT2D eigenvalue weighted by Gasteiger charge is -2.16. The Labute approximate surface area is 124 Å². The summed E-state index contributed by atoms with van der Waals surface area (Å²) in [4.78, 5) is 23.1. The SMILES string of the molecule is CC(=O)[C@@H](C)NC(=O)[C@H](N)Cc1ccc2ccccc2c1. The van der Waals surface area contributed by atoms with Crippen molar-refractivity contribution in [1.82, 2.24) is 5.32 Å². The van der Waals surface area contributed by atoms with Gasteiger partial charge in [-0.15, -0.1) is 0 Å². The predicted molar refractivity (Wildman–Crippen MR) is 83.9 cm³/mol. The van der Waals surface area contributed by atoms with Gasteiger partial charge in [0.1, 0.15) is 0 Å². The highest BCUT2D eigenvalue weighted by Gasteiger charge is 2.18. The molecule has 0 fully saturated rings. The third-order valence-electron chi connectivity index (χ3n) is 3.57. The van der Waals surface area contributed by atoms with Crippen LogP contribution in [0.5, 0.6) is 0 Å². The van der Waals surface area contributed by atoms with Crippen molar-refractivity contribution in [3.8, 4) is 0 Å². The van der Waals surface area contributed by atoms with Gasteiger partial charge in [0.2, 0.25) is 5.91 Å². The minimum Gasteiger partial charge on any atom is -0.345 e. The van der Waals surface area contributed by atoms with Gasteiger partial charge in [0, 0.05) is 0 Å². The van der Waals surface area contributed by atoms with Crippen LogP contribution < -0.4 is 11.1 Å². The molecule has 0 aliphatic rings. The van der Waals surface area contributed by atoms with Gasteiger partial charge < -0.3 is 11.1 Å². The summed E-state index contributed by atoms with van der Waals surface area (Å²) < 4.78 is 0. The van der Waals surface area contributed by atoms with Gasteiger partial charge in [0.05, 0.1) is 12.1 Å². The van der Waals surface area contributed by atoms with Gasteiger partial charge in [-0.3, -0.25) is 9.59 Å². The van der Waals surface area contributed by atoms with Gasteiger partial charge in [-0.25, -0.2) is 0 Å². The maximum atomic E-state index is 11.9. The van der Waals surface area contributed by atoms with E-state index in [0.29, 0.717) is 6.42 Å². The molecule has 2 rings (SSSR count). The summed E-state index contributed by atoms with van der Waals surface area (Å²) in [5.41, 5.74) is 6.92. The van der Waals surface area contributed by atoms with E-state index < -0.39 is 12.1 Å². The molecular formula is C17H20N2O2. The number of amides is 1. The van der Waals surface area contributed by atoms with Crippen molar-refractivity contribution in [3.05, 3.63) is 48.0 Å². The molecule has 0 aliphatic heterocycles. The number of rotatable bonds is 5. The van der Waals surface area contributed by atoms with Crippen molar-refractivity contribution in [2.75, 3.05) is 0 Å². The molecule has 4 heteroatoms. The van der Waals surface area contributed by atoms with Crippen molar-refractivity contribution >= 4 is 22.5 Å². The van der Waals surface area contributed by atoms with Crippen LogP contribution in [-0.2, 0) is 16.0 Å². The van der Waals surface area contributed by atoms with Crippen molar-refractivity contribution in [3.63, 3.8) is 0 Å². The number of benzene rings is 2. The van der Waals surface area contributed by atoms with E-state index in [1.54, 1.807) is 6.92 Å². The van der Waals surface area contributed by atoms with Crippen molar-refractivity contribution in [1.29, 1.82) is 0 Å². The second-order valence-electron chi connectivity index (χ2n) is 5.33. The first-order chi connectivity index (χ1) is 9.97. The number of Topliss-reactive ketones (excluding diaryl/α,β-unsaturated/α-hetero) is 1. The van der Waals surface area contributed by atoms with Gasteiger partial charge >= 0.3 is 0 Å². The minimum atomic E-state index is -0.659. The van der Waals surface area contributed by atoms with E-state index in [2.05, 4.69) is 5.32 Å². The normalized spacial score (nSPS) is 13.7. The van der Waals surface area contributed by atoms with E-state index in [0.717, 1.165) is 16.3 Å². The third kappa shape index (κ3) is 3.89. The van der Waals surface area contributed by atoms with Crippen LogP contribution in [0.15, 0.2) is 42.5 Å². The number of nitrogens with one attached hydrogen (secondary N) is 1. The summed E-state index contributed by atoms with van der Waals surface area (Å²) in [7, 11) is 0. The standard InChI is InChI=1S/C17H20N2O2/c1-11(12(2)20)19-17(21)16(18)10-13-7-8-14-5-3-4-6-15(14)9-13/h3-9,11,16H,10,18H2,1-2H3,(H,19,21)/t11-,16-/m1/s1. The number of hydrogen-bond acceptors (Lipinski definition) is 3. The number of ketones is 1. The Hall–Kier alpha value is -2.20. The van der Waals surface area contributed by atoms with Crippen LogP contribution in [0, 0.1) is 0 Å². The highest BCUT2D eigenvalue weighted by Crippen LogP contribution is 2.16. The molecule has 2 aromatic carbocycles. The molecule has 0 aliphatic carbocycles. The van der Waals surface area contributed by atoms with Gasteiger partial charge in [-0.05, 0) is 36.6 Å². The molecule has 4 nitrogen and oxygen atoms in total. The smallest absolute Gasteiger partial charge is 0.237 e. The Morgan fingerprint density at radius 2 is 1.81 bits per heavy atom. The number of nitrogens with two attached hydrogens (primary N) is 1. The van der Waals surface area contributed by atoms with E-state index >= 15 is 0 Å². The lowest BCUT2D eigenvalue weighted by atomic mass is 10.0. The van der Waals surface area contributed by atoms with Gasteiger partial charge in [0.25, 0.3) is 0 Å². The zero-order chi connectivity index (χ0) is 15.4. The quantitative estimate of drug-likeness (QED) is 0.879. The lowest BCUT2D eigenvalue weighted by Crippen LogP contribution is -2.47. The summed E-state index contributed by atoms with van der Waals surface area (Å²) in [5, 5.41) is 4.90. The van der Waals surface area contributed by atoms with Crippen molar-refractivity contribution in [2.24, 2.45) is 5.73 Å². The Morgan fingerprint density at radius 3 is 2.48 bits per heavy atom. The maximum Gasteiger partial charge on any atom is 0.237 e. The highest BCUT2D eigenvalue weighted by molar-refractivity contribution is 5.89. The van der Waals surface area contributed by atoms with Gasteiger partial charge in [-0.2, -0.15) is 0 Å². The average molecular weight is 284 g/mol. The second-order valence-corrected chi connectivity index (χ2v) is 5.33. The van der Waals surface area contributed by atoms with Crippen LogP contribution in [0.4, 0.5) is 0 Å². The van der Waals surface area contributed by atoms with Crippen LogP contribution in [-0.4, -0.2) is 23.8 Å². The van der Waals surface area contributed by atoms with E-state index in [1.165, 1.54) is 6.92 Å². The zero-order valence-corrected chi connectivity index (χ0v) is 12.3. The van der Waals surface area contributed by atoms with Gasteiger partial charge in [0.15, 0.2) is 5.78 Å². The summed E-state index contributed by atoms with van der Waals surface area (Å²) >= 11 is 0. The first-order valence-electron chi connectivity index (χ1n) is 7.01. The fraction of sp³-hybridized carbons (Fsp3) is 0.294. The summed E-state index contributed by atoms with van der Waals surface area (Å²) in [6.45, 7) is 3.10. The maximum absolute atomic E-state index is 11.9. The first kappa shape index (κ1) is 15.2.